The Morgan fingerprint density at radius 1 is 1.24 bits per heavy atom. The van der Waals surface area contributed by atoms with Crippen molar-refractivity contribution in [1.29, 1.82) is 5.26 Å². The second kappa shape index (κ2) is 13.9. The van der Waals surface area contributed by atoms with E-state index in [4.69, 9.17) is 19.7 Å². The van der Waals surface area contributed by atoms with Gasteiger partial charge in [0.15, 0.2) is 5.82 Å². The number of aromatic nitrogens is 3. The molecule has 1 aliphatic rings. The largest absolute Gasteiger partial charge is 0.468 e. The molecule has 0 amide bonds. The Balaban J connectivity index is 1.83. The number of esters is 2. The van der Waals surface area contributed by atoms with E-state index >= 15 is 0 Å². The van der Waals surface area contributed by atoms with Crippen LogP contribution in [-0.4, -0.2) is 87.0 Å². The van der Waals surface area contributed by atoms with Gasteiger partial charge in [0.05, 0.1) is 19.4 Å². The normalized spacial score (nSPS) is 25.1. The minimum atomic E-state index is -4.36. The molecule has 232 valence electrons. The van der Waals surface area contributed by atoms with Crippen molar-refractivity contribution in [3.05, 3.63) is 24.2 Å². The zero-order valence-corrected chi connectivity index (χ0v) is 25.0. The van der Waals surface area contributed by atoms with E-state index < -0.39 is 62.2 Å². The van der Waals surface area contributed by atoms with Crippen LogP contribution in [0.25, 0.3) is 5.52 Å². The van der Waals surface area contributed by atoms with Gasteiger partial charge in [0, 0.05) is 0 Å². The Kier molecular flexibility index (Phi) is 11.0. The average molecular weight is 612 g/mol. The second-order valence-corrected chi connectivity index (χ2v) is 11.9. The third-order valence-electron chi connectivity index (χ3n) is 7.15. The van der Waals surface area contributed by atoms with Gasteiger partial charge in [0.25, 0.3) is 0 Å². The Labute approximate surface area is 243 Å². The van der Waals surface area contributed by atoms with Crippen LogP contribution < -0.4 is 15.9 Å². The first-order valence-electron chi connectivity index (χ1n) is 13.4. The number of anilines is 1. The first-order chi connectivity index (χ1) is 19.8. The second-order valence-electron chi connectivity index (χ2n) is 10.0. The summed E-state index contributed by atoms with van der Waals surface area (Å²) in [7, 11) is -3.23. The van der Waals surface area contributed by atoms with Crippen molar-refractivity contribution < 1.29 is 43.1 Å². The van der Waals surface area contributed by atoms with E-state index in [2.05, 4.69) is 25.0 Å². The summed E-state index contributed by atoms with van der Waals surface area (Å²) in [6.45, 7) is 6.00. The molecular formula is C25H38N7O9P. The lowest BCUT2D eigenvalue weighted by molar-refractivity contribution is -0.146. The number of aliphatic hydroxyl groups is 2. The van der Waals surface area contributed by atoms with Gasteiger partial charge < -0.3 is 34.7 Å². The predicted octanol–water partition coefficient (Wildman–Crippen LogP) is 0.600. The smallest absolute Gasteiger partial charge is 0.342 e. The number of nitrogen functional groups attached to an aromatic ring is 1. The molecule has 0 saturated carbocycles. The summed E-state index contributed by atoms with van der Waals surface area (Å²) in [5.41, 5.74) is 4.32. The molecule has 0 bridgehead atoms. The van der Waals surface area contributed by atoms with Crippen molar-refractivity contribution in [2.45, 2.75) is 76.5 Å². The number of aliphatic hydroxyl groups excluding tert-OH is 2. The highest BCUT2D eigenvalue weighted by Gasteiger charge is 2.57. The monoisotopic (exact) mass is 611 g/mol. The molecular weight excluding hydrogens is 573 g/mol. The Morgan fingerprint density at radius 2 is 1.88 bits per heavy atom. The highest BCUT2D eigenvalue weighted by molar-refractivity contribution is 7.54. The number of carbonyl (C=O) groups excluding carboxylic acids is 2. The van der Waals surface area contributed by atoms with Crippen molar-refractivity contribution >= 4 is 30.9 Å². The molecule has 0 spiro atoms. The molecule has 0 aromatic carbocycles. The van der Waals surface area contributed by atoms with Crippen molar-refractivity contribution in [3.63, 3.8) is 0 Å². The highest BCUT2D eigenvalue weighted by Crippen LogP contribution is 2.45. The maximum absolute atomic E-state index is 13.9. The van der Waals surface area contributed by atoms with Gasteiger partial charge >= 0.3 is 19.6 Å². The van der Waals surface area contributed by atoms with Gasteiger partial charge in [-0.15, -0.1) is 0 Å². The quantitative estimate of drug-likeness (QED) is 0.145. The molecule has 1 saturated heterocycles. The van der Waals surface area contributed by atoms with Crippen LogP contribution in [0.2, 0.25) is 0 Å². The zero-order valence-electron chi connectivity index (χ0n) is 24.1. The number of hydrogen-bond acceptors (Lipinski definition) is 13. The lowest BCUT2D eigenvalue weighted by Crippen LogP contribution is -2.48. The van der Waals surface area contributed by atoms with Gasteiger partial charge in [0.1, 0.15) is 54.9 Å². The molecule has 1 fully saturated rings. The third kappa shape index (κ3) is 7.07. The number of methoxy groups -OCH3 is 1. The summed E-state index contributed by atoms with van der Waals surface area (Å²) in [5, 5.41) is 41.0. The van der Waals surface area contributed by atoms with Gasteiger partial charge in [-0.2, -0.15) is 10.4 Å². The number of rotatable bonds is 14. The average Bonchev–Trinajstić information content (AvgIpc) is 3.51. The molecule has 42 heavy (non-hydrogen) atoms. The Bertz CT molecular complexity index is 1350. The predicted molar refractivity (Wildman–Crippen MR) is 147 cm³/mol. The fourth-order valence-electron chi connectivity index (χ4n) is 4.42. The van der Waals surface area contributed by atoms with Crippen LogP contribution >= 0.6 is 7.67 Å². The Morgan fingerprint density at radius 3 is 2.48 bits per heavy atom. The number of nitrogens with one attached hydrogen (secondary N) is 2. The summed E-state index contributed by atoms with van der Waals surface area (Å²) in [6, 6.07) is 2.57. The van der Waals surface area contributed by atoms with E-state index in [1.807, 2.05) is 13.8 Å². The van der Waals surface area contributed by atoms with Gasteiger partial charge in [-0.25, -0.2) is 19.7 Å². The number of carbonyl (C=O) groups is 2. The third-order valence-corrected chi connectivity index (χ3v) is 9.10. The van der Waals surface area contributed by atoms with E-state index in [0.29, 0.717) is 5.52 Å². The fourth-order valence-corrected chi connectivity index (χ4v) is 6.24. The molecule has 0 radical (unpaired) electrons. The van der Waals surface area contributed by atoms with E-state index in [1.54, 1.807) is 12.1 Å². The summed E-state index contributed by atoms with van der Waals surface area (Å²) >= 11 is 0. The van der Waals surface area contributed by atoms with E-state index in [1.165, 1.54) is 30.8 Å². The van der Waals surface area contributed by atoms with Gasteiger partial charge in [-0.05, 0) is 31.9 Å². The number of fused-ring (bicyclic) bond motifs is 1. The van der Waals surface area contributed by atoms with Crippen LogP contribution in [0.5, 0.6) is 0 Å². The van der Waals surface area contributed by atoms with E-state index in [0.717, 1.165) is 20.0 Å². The molecule has 7 atom stereocenters. The molecule has 2 aromatic heterocycles. The maximum Gasteiger partial charge on any atom is 0.342 e. The minimum Gasteiger partial charge on any atom is -0.468 e. The van der Waals surface area contributed by atoms with Crippen molar-refractivity contribution in [2.24, 2.45) is 5.92 Å². The number of ether oxygens (including phenoxy) is 3. The molecule has 0 aliphatic carbocycles. The molecule has 1 aliphatic heterocycles. The minimum absolute atomic E-state index is 0.151. The van der Waals surface area contributed by atoms with Crippen LogP contribution in [0, 0.1) is 17.2 Å². The fraction of sp³-hybridized carbons (Fsp3) is 0.640. The number of hydrogen-bond donors (Lipinski definition) is 5. The van der Waals surface area contributed by atoms with Crippen molar-refractivity contribution in [2.75, 3.05) is 26.1 Å². The van der Waals surface area contributed by atoms with Crippen LogP contribution in [0.3, 0.4) is 0 Å². The molecule has 6 N–H and O–H groups in total. The molecule has 17 heteroatoms. The summed E-state index contributed by atoms with van der Waals surface area (Å²) in [5.74, 6) is -1.20. The Hall–Kier alpha value is -3.16. The van der Waals surface area contributed by atoms with Crippen LogP contribution in [0.1, 0.15) is 52.3 Å². The van der Waals surface area contributed by atoms with Gasteiger partial charge in [0.2, 0.25) is 5.60 Å². The van der Waals surface area contributed by atoms with E-state index in [-0.39, 0.29) is 24.0 Å². The standard InChI is InChI=1S/C25H38N7O9P/c1-6-16(7-2)10-39-24(36)15(4)31-42(37,30-14(3)23(35)38-5)40-12-25(11-26)21(34)19(33)20(41-25)17-8-9-18-22(27)28-13-29-32(17)18/h8-9,13-16,19-21,33-34H,6-7,10,12H2,1-5H3,(H2,27,28,29)(H2,30,31,37)/t14-,15-,19-,20-,21-,25+,42-/m0/s1. The van der Waals surface area contributed by atoms with Gasteiger partial charge in [-0.1, -0.05) is 26.7 Å². The summed E-state index contributed by atoms with van der Waals surface area (Å²) in [6.07, 6.45) is -1.93. The number of nitriles is 1. The van der Waals surface area contributed by atoms with Crippen LogP contribution in [0.15, 0.2) is 18.5 Å². The SMILES string of the molecule is CCC(CC)COC(=O)[C@H](C)N[P@](=O)(N[C@@H](C)C(=O)OC)OC[C@@]1(C#N)O[C@@H](c2ccc3c(N)ncnn23)[C@H](O)[C@@H]1O. The van der Waals surface area contributed by atoms with Crippen LogP contribution in [0.4, 0.5) is 5.82 Å². The summed E-state index contributed by atoms with van der Waals surface area (Å²) in [4.78, 5) is 28.6. The molecule has 2 aromatic rings. The molecule has 3 rings (SSSR count). The molecule has 3 heterocycles. The maximum atomic E-state index is 13.9. The van der Waals surface area contributed by atoms with Crippen molar-refractivity contribution in [3.8, 4) is 6.07 Å². The number of nitrogens with zero attached hydrogens (tertiary/aromatic N) is 4. The highest BCUT2D eigenvalue weighted by atomic mass is 31.2. The summed E-state index contributed by atoms with van der Waals surface area (Å²) < 4.78 is 36.8. The first kappa shape index (κ1) is 33.3. The lowest BCUT2D eigenvalue weighted by Gasteiger charge is -2.30. The lowest BCUT2D eigenvalue weighted by atomic mass is 9.96. The van der Waals surface area contributed by atoms with E-state index in [9.17, 15) is 29.6 Å². The van der Waals surface area contributed by atoms with Crippen molar-refractivity contribution in [1.82, 2.24) is 24.8 Å². The number of nitrogens with two attached hydrogens (primary N) is 1. The molecule has 16 nitrogen and oxygen atoms in total. The zero-order chi connectivity index (χ0) is 31.2. The van der Waals surface area contributed by atoms with Crippen LogP contribution in [-0.2, 0) is 32.9 Å². The first-order valence-corrected chi connectivity index (χ1v) is 15.1. The van der Waals surface area contributed by atoms with Gasteiger partial charge in [-0.3, -0.25) is 14.2 Å². The molecule has 0 unspecified atom stereocenters. The topological polar surface area (TPSA) is 233 Å².